The van der Waals surface area contributed by atoms with Crippen LogP contribution in [0.15, 0.2) is 18.2 Å². The Hall–Kier alpha value is -1.79. The van der Waals surface area contributed by atoms with Gasteiger partial charge in [-0.1, -0.05) is 6.07 Å². The van der Waals surface area contributed by atoms with Crippen molar-refractivity contribution in [2.75, 3.05) is 40.5 Å². The molecule has 2 atom stereocenters. The summed E-state index contributed by atoms with van der Waals surface area (Å²) in [5.74, 6) is 1.44. The molecule has 2 heterocycles. The SMILES string of the molecule is COc1ccc(C(CNC(=O)C2CCCO2)N2CCCC2)cc1OC. The summed E-state index contributed by atoms with van der Waals surface area (Å²) in [7, 11) is 3.28. The highest BCUT2D eigenvalue weighted by atomic mass is 16.5. The summed E-state index contributed by atoms with van der Waals surface area (Å²) >= 11 is 0. The molecule has 2 saturated heterocycles. The molecular weight excluding hydrogens is 320 g/mol. The van der Waals surface area contributed by atoms with Crippen molar-refractivity contribution in [1.82, 2.24) is 10.2 Å². The highest BCUT2D eigenvalue weighted by Crippen LogP contribution is 2.33. The minimum Gasteiger partial charge on any atom is -0.493 e. The van der Waals surface area contributed by atoms with Crippen LogP contribution >= 0.6 is 0 Å². The van der Waals surface area contributed by atoms with Crippen molar-refractivity contribution in [3.63, 3.8) is 0 Å². The molecule has 0 radical (unpaired) electrons. The number of carbonyl (C=O) groups excluding carboxylic acids is 1. The molecule has 1 aromatic rings. The summed E-state index contributed by atoms with van der Waals surface area (Å²) in [5.41, 5.74) is 1.13. The third-order valence-electron chi connectivity index (χ3n) is 5.07. The van der Waals surface area contributed by atoms with Crippen LogP contribution in [0.25, 0.3) is 0 Å². The first kappa shape index (κ1) is 18.0. The Morgan fingerprint density at radius 2 is 2.00 bits per heavy atom. The van der Waals surface area contributed by atoms with Crippen LogP contribution in [0, 0.1) is 0 Å². The van der Waals surface area contributed by atoms with E-state index in [9.17, 15) is 4.79 Å². The molecule has 0 bridgehead atoms. The number of hydrogen-bond acceptors (Lipinski definition) is 5. The van der Waals surface area contributed by atoms with Crippen molar-refractivity contribution in [2.45, 2.75) is 37.8 Å². The first-order chi connectivity index (χ1) is 12.2. The molecule has 2 aliphatic heterocycles. The van der Waals surface area contributed by atoms with Crippen molar-refractivity contribution in [3.8, 4) is 11.5 Å². The Morgan fingerprint density at radius 3 is 2.64 bits per heavy atom. The molecule has 1 aromatic carbocycles. The van der Waals surface area contributed by atoms with Gasteiger partial charge < -0.3 is 19.5 Å². The van der Waals surface area contributed by atoms with Gasteiger partial charge in [-0.2, -0.15) is 0 Å². The van der Waals surface area contributed by atoms with E-state index in [0.29, 0.717) is 13.2 Å². The zero-order chi connectivity index (χ0) is 17.6. The molecule has 25 heavy (non-hydrogen) atoms. The number of carbonyl (C=O) groups is 1. The molecule has 2 fully saturated rings. The van der Waals surface area contributed by atoms with E-state index in [1.807, 2.05) is 12.1 Å². The van der Waals surface area contributed by atoms with Crippen LogP contribution in [-0.4, -0.2) is 57.4 Å². The van der Waals surface area contributed by atoms with Crippen molar-refractivity contribution in [2.24, 2.45) is 0 Å². The van der Waals surface area contributed by atoms with Gasteiger partial charge in [0.05, 0.1) is 20.3 Å². The van der Waals surface area contributed by atoms with E-state index in [1.54, 1.807) is 14.2 Å². The van der Waals surface area contributed by atoms with Gasteiger partial charge in [0, 0.05) is 13.2 Å². The minimum absolute atomic E-state index is 0.00201. The Morgan fingerprint density at radius 1 is 1.24 bits per heavy atom. The fourth-order valence-electron chi connectivity index (χ4n) is 3.67. The van der Waals surface area contributed by atoms with Crippen LogP contribution in [-0.2, 0) is 9.53 Å². The predicted octanol–water partition coefficient (Wildman–Crippen LogP) is 2.14. The normalized spacial score (nSPS) is 21.9. The minimum atomic E-state index is -0.287. The number of amides is 1. The molecule has 138 valence electrons. The van der Waals surface area contributed by atoms with Crippen LogP contribution < -0.4 is 14.8 Å². The lowest BCUT2D eigenvalue weighted by Crippen LogP contribution is -2.40. The number of ether oxygens (including phenoxy) is 3. The van der Waals surface area contributed by atoms with Crippen LogP contribution in [0.4, 0.5) is 0 Å². The number of rotatable bonds is 7. The van der Waals surface area contributed by atoms with Crippen molar-refractivity contribution in [1.29, 1.82) is 0 Å². The Bertz CT molecular complexity index is 581. The molecular formula is C19H28N2O4. The van der Waals surface area contributed by atoms with E-state index in [4.69, 9.17) is 14.2 Å². The summed E-state index contributed by atoms with van der Waals surface area (Å²) in [4.78, 5) is 14.7. The molecule has 3 rings (SSSR count). The van der Waals surface area contributed by atoms with E-state index in [2.05, 4.69) is 16.3 Å². The average Bonchev–Trinajstić information content (AvgIpc) is 3.35. The lowest BCUT2D eigenvalue weighted by Gasteiger charge is -2.29. The van der Waals surface area contributed by atoms with Crippen LogP contribution in [0.1, 0.15) is 37.3 Å². The lowest BCUT2D eigenvalue weighted by molar-refractivity contribution is -0.130. The number of hydrogen-bond donors (Lipinski definition) is 1. The van der Waals surface area contributed by atoms with E-state index < -0.39 is 0 Å². The molecule has 0 spiro atoms. The van der Waals surface area contributed by atoms with Gasteiger partial charge in [0.2, 0.25) is 5.91 Å². The number of likely N-dealkylation sites (tertiary alicyclic amines) is 1. The molecule has 2 aliphatic rings. The maximum absolute atomic E-state index is 12.3. The van der Waals surface area contributed by atoms with Gasteiger partial charge in [-0.25, -0.2) is 0 Å². The zero-order valence-corrected chi connectivity index (χ0v) is 15.1. The zero-order valence-electron chi connectivity index (χ0n) is 15.1. The number of nitrogens with zero attached hydrogens (tertiary/aromatic N) is 1. The second-order valence-corrected chi connectivity index (χ2v) is 6.62. The molecule has 1 N–H and O–H groups in total. The molecule has 2 unspecified atom stereocenters. The number of benzene rings is 1. The largest absolute Gasteiger partial charge is 0.493 e. The second kappa shape index (κ2) is 8.54. The molecule has 6 heteroatoms. The second-order valence-electron chi connectivity index (χ2n) is 6.62. The van der Waals surface area contributed by atoms with E-state index in [0.717, 1.165) is 43.0 Å². The molecule has 0 saturated carbocycles. The van der Waals surface area contributed by atoms with Gasteiger partial charge >= 0.3 is 0 Å². The molecule has 0 aliphatic carbocycles. The average molecular weight is 348 g/mol. The summed E-state index contributed by atoms with van der Waals surface area (Å²) in [6.07, 6.45) is 3.89. The predicted molar refractivity (Wildman–Crippen MR) is 95.1 cm³/mol. The van der Waals surface area contributed by atoms with Gasteiger partial charge in [-0.3, -0.25) is 9.69 Å². The van der Waals surface area contributed by atoms with E-state index in [1.165, 1.54) is 12.8 Å². The quantitative estimate of drug-likeness (QED) is 0.818. The summed E-state index contributed by atoms with van der Waals surface area (Å²) in [5, 5.41) is 3.09. The number of methoxy groups -OCH3 is 2. The van der Waals surface area contributed by atoms with Gasteiger partial charge in [0.1, 0.15) is 6.10 Å². The maximum Gasteiger partial charge on any atom is 0.249 e. The fraction of sp³-hybridized carbons (Fsp3) is 0.632. The molecule has 1 amide bonds. The van der Waals surface area contributed by atoms with E-state index in [-0.39, 0.29) is 18.1 Å². The van der Waals surface area contributed by atoms with Crippen molar-refractivity contribution >= 4 is 5.91 Å². The highest BCUT2D eigenvalue weighted by molar-refractivity contribution is 5.81. The Balaban J connectivity index is 1.73. The van der Waals surface area contributed by atoms with Crippen LogP contribution in [0.3, 0.4) is 0 Å². The molecule has 6 nitrogen and oxygen atoms in total. The van der Waals surface area contributed by atoms with Crippen molar-refractivity contribution in [3.05, 3.63) is 23.8 Å². The number of nitrogens with one attached hydrogen (secondary N) is 1. The van der Waals surface area contributed by atoms with Crippen molar-refractivity contribution < 1.29 is 19.0 Å². The Kier molecular flexibility index (Phi) is 6.15. The van der Waals surface area contributed by atoms with Crippen LogP contribution in [0.2, 0.25) is 0 Å². The summed E-state index contributed by atoms with van der Waals surface area (Å²) < 4.78 is 16.3. The maximum atomic E-state index is 12.3. The monoisotopic (exact) mass is 348 g/mol. The first-order valence-electron chi connectivity index (χ1n) is 9.08. The van der Waals surface area contributed by atoms with Gasteiger partial charge in [-0.15, -0.1) is 0 Å². The lowest BCUT2D eigenvalue weighted by atomic mass is 10.0. The van der Waals surface area contributed by atoms with E-state index >= 15 is 0 Å². The van der Waals surface area contributed by atoms with Gasteiger partial charge in [-0.05, 0) is 56.5 Å². The third kappa shape index (κ3) is 4.25. The summed E-state index contributed by atoms with van der Waals surface area (Å²) in [6.45, 7) is 3.36. The molecule has 0 aromatic heterocycles. The first-order valence-corrected chi connectivity index (χ1v) is 9.08. The smallest absolute Gasteiger partial charge is 0.249 e. The van der Waals surface area contributed by atoms with Gasteiger partial charge in [0.25, 0.3) is 0 Å². The standard InChI is InChI=1S/C19H28N2O4/c1-23-16-8-7-14(12-18(16)24-2)15(21-9-3-4-10-21)13-20-19(22)17-6-5-11-25-17/h7-8,12,15,17H,3-6,9-11,13H2,1-2H3,(H,20,22). The third-order valence-corrected chi connectivity index (χ3v) is 5.07. The topological polar surface area (TPSA) is 60.0 Å². The fourth-order valence-corrected chi connectivity index (χ4v) is 3.67. The Labute approximate surface area is 149 Å². The summed E-state index contributed by atoms with van der Waals surface area (Å²) in [6, 6.07) is 6.13. The highest BCUT2D eigenvalue weighted by Gasteiger charge is 2.28. The van der Waals surface area contributed by atoms with Crippen LogP contribution in [0.5, 0.6) is 11.5 Å². The van der Waals surface area contributed by atoms with Gasteiger partial charge in [0.15, 0.2) is 11.5 Å².